The fourth-order valence-corrected chi connectivity index (χ4v) is 3.60. The minimum absolute atomic E-state index is 0.0210. The van der Waals surface area contributed by atoms with Gasteiger partial charge in [-0.25, -0.2) is 0 Å². The number of para-hydroxylation sites is 1. The quantitative estimate of drug-likeness (QED) is 0.851. The third-order valence-corrected chi connectivity index (χ3v) is 5.03. The molecule has 0 bridgehead atoms. The van der Waals surface area contributed by atoms with Gasteiger partial charge in [0.2, 0.25) is 5.91 Å². The summed E-state index contributed by atoms with van der Waals surface area (Å²) >= 11 is 0. The summed E-state index contributed by atoms with van der Waals surface area (Å²) in [6.45, 7) is 7.34. The number of aryl methyl sites for hydroxylation is 2. The normalized spacial score (nSPS) is 18.0. The first-order chi connectivity index (χ1) is 12.5. The van der Waals surface area contributed by atoms with E-state index in [1.54, 1.807) is 17.0 Å². The average Bonchev–Trinajstić information content (AvgIpc) is 3.24. The van der Waals surface area contributed by atoms with Crippen LogP contribution in [0.1, 0.15) is 48.3 Å². The molecule has 1 aliphatic heterocycles. The first-order valence-electron chi connectivity index (χ1n) is 9.20. The van der Waals surface area contributed by atoms with Gasteiger partial charge in [-0.2, -0.15) is 0 Å². The van der Waals surface area contributed by atoms with E-state index in [1.165, 1.54) is 0 Å². The summed E-state index contributed by atoms with van der Waals surface area (Å²) in [5.41, 5.74) is 1.66. The van der Waals surface area contributed by atoms with E-state index in [1.807, 2.05) is 39.0 Å². The van der Waals surface area contributed by atoms with Crippen molar-refractivity contribution in [3.05, 3.63) is 53.0 Å². The zero-order valence-corrected chi connectivity index (χ0v) is 15.7. The molecular weight excluding hydrogens is 330 g/mol. The predicted molar refractivity (Wildman–Crippen MR) is 99.1 cm³/mol. The highest BCUT2D eigenvalue weighted by molar-refractivity contribution is 5.83. The molecule has 26 heavy (non-hydrogen) atoms. The summed E-state index contributed by atoms with van der Waals surface area (Å²) in [7, 11) is 0. The van der Waals surface area contributed by atoms with Gasteiger partial charge in [0.1, 0.15) is 17.3 Å². The molecule has 3 rings (SSSR count). The molecule has 1 aromatic carbocycles. The second-order valence-corrected chi connectivity index (χ2v) is 7.07. The van der Waals surface area contributed by atoms with E-state index in [0.29, 0.717) is 13.1 Å². The van der Waals surface area contributed by atoms with Crippen molar-refractivity contribution in [2.75, 3.05) is 13.2 Å². The van der Waals surface area contributed by atoms with Crippen molar-refractivity contribution in [1.82, 2.24) is 4.90 Å². The second kappa shape index (κ2) is 7.96. The molecule has 1 saturated heterocycles. The van der Waals surface area contributed by atoms with Crippen molar-refractivity contribution < 1.29 is 19.1 Å². The minimum Gasteiger partial charge on any atom is -0.508 e. The number of rotatable bonds is 6. The van der Waals surface area contributed by atoms with Gasteiger partial charge in [0, 0.05) is 30.8 Å². The molecule has 1 N–H and O–H groups in total. The van der Waals surface area contributed by atoms with Gasteiger partial charge in [-0.05, 0) is 45.7 Å². The molecule has 1 fully saturated rings. The van der Waals surface area contributed by atoms with E-state index < -0.39 is 0 Å². The lowest BCUT2D eigenvalue weighted by molar-refractivity contribution is -0.134. The SMILES string of the molecule is Cc1cc(C(C)C(=O)N(Cc2ccccc2O)CC2CCCO2)c(C)o1. The van der Waals surface area contributed by atoms with E-state index in [2.05, 4.69) is 0 Å². The summed E-state index contributed by atoms with van der Waals surface area (Å²) in [5, 5.41) is 10.1. The zero-order valence-electron chi connectivity index (χ0n) is 15.7. The number of nitrogens with zero attached hydrogens (tertiary/aromatic N) is 1. The molecular formula is C21H27NO4. The molecule has 1 aromatic heterocycles. The van der Waals surface area contributed by atoms with Crippen LogP contribution in [0.5, 0.6) is 5.75 Å². The smallest absolute Gasteiger partial charge is 0.230 e. The second-order valence-electron chi connectivity index (χ2n) is 7.07. The largest absolute Gasteiger partial charge is 0.508 e. The van der Waals surface area contributed by atoms with Gasteiger partial charge >= 0.3 is 0 Å². The van der Waals surface area contributed by atoms with E-state index in [-0.39, 0.29) is 23.7 Å². The topological polar surface area (TPSA) is 62.9 Å². The number of phenols is 1. The first-order valence-corrected chi connectivity index (χ1v) is 9.20. The summed E-state index contributed by atoms with van der Waals surface area (Å²) in [6, 6.07) is 9.09. The van der Waals surface area contributed by atoms with E-state index in [0.717, 1.165) is 42.1 Å². The maximum Gasteiger partial charge on any atom is 0.230 e. The summed E-state index contributed by atoms with van der Waals surface area (Å²) in [4.78, 5) is 15.1. The number of furan rings is 1. The van der Waals surface area contributed by atoms with Crippen LogP contribution < -0.4 is 0 Å². The van der Waals surface area contributed by atoms with Crippen LogP contribution in [0, 0.1) is 13.8 Å². The Hall–Kier alpha value is -2.27. The maximum atomic E-state index is 13.3. The molecule has 1 aliphatic rings. The molecule has 5 heteroatoms. The molecule has 0 spiro atoms. The fraction of sp³-hybridized carbons (Fsp3) is 0.476. The summed E-state index contributed by atoms with van der Waals surface area (Å²) < 4.78 is 11.3. The lowest BCUT2D eigenvalue weighted by atomic mass is 9.99. The number of benzene rings is 1. The Labute approximate surface area is 154 Å². The first kappa shape index (κ1) is 18.5. The monoisotopic (exact) mass is 357 g/mol. The van der Waals surface area contributed by atoms with Crippen LogP contribution in [0.3, 0.4) is 0 Å². The number of ether oxygens (including phenoxy) is 1. The number of phenolic OH excluding ortho intramolecular Hbond substituents is 1. The Balaban J connectivity index is 1.82. The molecule has 2 atom stereocenters. The molecule has 2 heterocycles. The number of carbonyl (C=O) groups is 1. The van der Waals surface area contributed by atoms with Crippen molar-refractivity contribution in [1.29, 1.82) is 0 Å². The fourth-order valence-electron chi connectivity index (χ4n) is 3.60. The molecule has 1 amide bonds. The number of carbonyl (C=O) groups excluding carboxylic acids is 1. The van der Waals surface area contributed by atoms with Crippen molar-refractivity contribution in [3.8, 4) is 5.75 Å². The highest BCUT2D eigenvalue weighted by Gasteiger charge is 2.29. The van der Waals surface area contributed by atoms with Crippen LogP contribution in [0.15, 0.2) is 34.7 Å². The Morgan fingerprint density at radius 2 is 2.12 bits per heavy atom. The van der Waals surface area contributed by atoms with Crippen molar-refractivity contribution in [3.63, 3.8) is 0 Å². The molecule has 5 nitrogen and oxygen atoms in total. The summed E-state index contributed by atoms with van der Waals surface area (Å²) in [5.74, 6) is 1.51. The van der Waals surface area contributed by atoms with Gasteiger partial charge in [-0.3, -0.25) is 4.79 Å². The number of hydrogen-bond donors (Lipinski definition) is 1. The molecule has 0 saturated carbocycles. The molecule has 0 aliphatic carbocycles. The van der Waals surface area contributed by atoms with Gasteiger partial charge < -0.3 is 19.2 Å². The molecule has 140 valence electrons. The average molecular weight is 357 g/mol. The Bertz CT molecular complexity index is 761. The van der Waals surface area contributed by atoms with Crippen LogP contribution in [-0.4, -0.2) is 35.2 Å². The highest BCUT2D eigenvalue weighted by atomic mass is 16.5. The van der Waals surface area contributed by atoms with Crippen molar-refractivity contribution >= 4 is 5.91 Å². The molecule has 0 radical (unpaired) electrons. The van der Waals surface area contributed by atoms with Gasteiger partial charge in [-0.1, -0.05) is 18.2 Å². The molecule has 2 unspecified atom stereocenters. The Morgan fingerprint density at radius 1 is 1.35 bits per heavy atom. The van der Waals surface area contributed by atoms with Crippen LogP contribution in [0.2, 0.25) is 0 Å². The van der Waals surface area contributed by atoms with Crippen LogP contribution >= 0.6 is 0 Å². The lowest BCUT2D eigenvalue weighted by Gasteiger charge is -2.28. The van der Waals surface area contributed by atoms with Gasteiger partial charge in [0.05, 0.1) is 12.0 Å². The number of amides is 1. The van der Waals surface area contributed by atoms with E-state index in [4.69, 9.17) is 9.15 Å². The predicted octanol–water partition coefficient (Wildman–Crippen LogP) is 3.91. The van der Waals surface area contributed by atoms with Crippen molar-refractivity contribution in [2.45, 2.75) is 52.2 Å². The minimum atomic E-state index is -0.306. The van der Waals surface area contributed by atoms with Crippen molar-refractivity contribution in [2.24, 2.45) is 0 Å². The maximum absolute atomic E-state index is 13.3. The Kier molecular flexibility index (Phi) is 5.67. The number of aromatic hydroxyl groups is 1. The van der Waals surface area contributed by atoms with E-state index >= 15 is 0 Å². The van der Waals surface area contributed by atoms with Crippen LogP contribution in [0.4, 0.5) is 0 Å². The molecule has 2 aromatic rings. The van der Waals surface area contributed by atoms with Gasteiger partial charge in [0.25, 0.3) is 0 Å². The highest BCUT2D eigenvalue weighted by Crippen LogP contribution is 2.27. The van der Waals surface area contributed by atoms with Crippen LogP contribution in [0.25, 0.3) is 0 Å². The number of hydrogen-bond acceptors (Lipinski definition) is 4. The van der Waals surface area contributed by atoms with E-state index in [9.17, 15) is 9.90 Å². The van der Waals surface area contributed by atoms with Crippen LogP contribution in [-0.2, 0) is 16.1 Å². The third-order valence-electron chi connectivity index (χ3n) is 5.03. The standard InChI is InChI=1S/C21H27NO4/c1-14-11-19(16(3)26-14)15(2)21(24)22(13-18-8-6-10-25-18)12-17-7-4-5-9-20(17)23/h4-5,7,9,11,15,18,23H,6,8,10,12-13H2,1-3H3. The Morgan fingerprint density at radius 3 is 2.73 bits per heavy atom. The summed E-state index contributed by atoms with van der Waals surface area (Å²) in [6.07, 6.45) is 2.05. The van der Waals surface area contributed by atoms with Gasteiger partial charge in [0.15, 0.2) is 0 Å². The van der Waals surface area contributed by atoms with Gasteiger partial charge in [-0.15, -0.1) is 0 Å². The zero-order chi connectivity index (χ0) is 18.7. The lowest BCUT2D eigenvalue weighted by Crippen LogP contribution is -2.39. The third kappa shape index (κ3) is 4.10.